The molecule has 2 rings (SSSR count). The maximum absolute atomic E-state index is 5.00. The van der Waals surface area contributed by atoms with Crippen molar-refractivity contribution in [2.45, 2.75) is 19.5 Å². The van der Waals surface area contributed by atoms with Gasteiger partial charge < -0.3 is 9.73 Å². The number of furan rings is 1. The molecule has 0 spiro atoms. The number of rotatable bonds is 4. The highest BCUT2D eigenvalue weighted by atomic mass is 32.1. The first kappa shape index (κ1) is 9.49. The zero-order valence-electron chi connectivity index (χ0n) is 8.07. The number of hydrogen-bond acceptors (Lipinski definition) is 3. The summed E-state index contributed by atoms with van der Waals surface area (Å²) in [6, 6.07) is 4.53. The number of nitrogens with one attached hydrogen (secondary N) is 1. The summed E-state index contributed by atoms with van der Waals surface area (Å²) in [6.45, 7) is 3.02. The van der Waals surface area contributed by atoms with Gasteiger partial charge in [0.1, 0.15) is 0 Å². The molecule has 3 heteroatoms. The van der Waals surface area contributed by atoms with Crippen LogP contribution in [0.1, 0.15) is 24.1 Å². The molecule has 14 heavy (non-hydrogen) atoms. The fourth-order valence-electron chi connectivity index (χ4n) is 1.30. The van der Waals surface area contributed by atoms with Crippen LogP contribution in [-0.4, -0.2) is 0 Å². The lowest BCUT2D eigenvalue weighted by molar-refractivity contribution is 0.547. The summed E-state index contributed by atoms with van der Waals surface area (Å²) >= 11 is 1.73. The van der Waals surface area contributed by atoms with Gasteiger partial charge in [0.15, 0.2) is 0 Å². The van der Waals surface area contributed by atoms with E-state index in [1.165, 1.54) is 11.1 Å². The van der Waals surface area contributed by atoms with Gasteiger partial charge in [-0.2, -0.15) is 11.3 Å². The van der Waals surface area contributed by atoms with Crippen LogP contribution in [0, 0.1) is 0 Å². The smallest absolute Gasteiger partial charge is 0.0947 e. The molecule has 2 heterocycles. The van der Waals surface area contributed by atoms with Crippen molar-refractivity contribution in [1.29, 1.82) is 0 Å². The van der Waals surface area contributed by atoms with E-state index in [1.807, 2.05) is 6.07 Å². The molecule has 0 bridgehead atoms. The van der Waals surface area contributed by atoms with E-state index in [2.05, 4.69) is 29.1 Å². The predicted octanol–water partition coefficient (Wildman–Crippen LogP) is 3.19. The van der Waals surface area contributed by atoms with Gasteiger partial charge in [0.25, 0.3) is 0 Å². The SMILES string of the molecule is CC(NCc1ccoc1)c1ccsc1. The molecule has 1 N–H and O–H groups in total. The van der Waals surface area contributed by atoms with Crippen LogP contribution >= 0.6 is 11.3 Å². The maximum atomic E-state index is 5.00. The normalized spacial score (nSPS) is 12.9. The van der Waals surface area contributed by atoms with E-state index in [0.717, 1.165) is 6.54 Å². The fraction of sp³-hybridized carbons (Fsp3) is 0.273. The molecular formula is C11H13NOS. The second-order valence-corrected chi connectivity index (χ2v) is 4.07. The second kappa shape index (κ2) is 4.44. The third-order valence-electron chi connectivity index (χ3n) is 2.24. The Labute approximate surface area is 87.6 Å². The van der Waals surface area contributed by atoms with Gasteiger partial charge in [0, 0.05) is 18.2 Å². The lowest BCUT2D eigenvalue weighted by atomic mass is 10.2. The van der Waals surface area contributed by atoms with Crippen molar-refractivity contribution in [1.82, 2.24) is 5.32 Å². The Morgan fingerprint density at radius 2 is 2.43 bits per heavy atom. The Balaban J connectivity index is 1.87. The average molecular weight is 207 g/mol. The molecule has 0 aromatic carbocycles. The molecule has 74 valence electrons. The first-order chi connectivity index (χ1) is 6.86. The molecule has 1 atom stereocenters. The Kier molecular flexibility index (Phi) is 3.01. The van der Waals surface area contributed by atoms with Gasteiger partial charge in [-0.25, -0.2) is 0 Å². The van der Waals surface area contributed by atoms with Gasteiger partial charge in [0.05, 0.1) is 12.5 Å². The van der Waals surface area contributed by atoms with E-state index in [0.29, 0.717) is 6.04 Å². The van der Waals surface area contributed by atoms with Gasteiger partial charge in [-0.05, 0) is 35.4 Å². The molecule has 0 aliphatic carbocycles. The molecule has 2 aromatic heterocycles. The zero-order valence-corrected chi connectivity index (χ0v) is 8.88. The molecule has 0 saturated heterocycles. The minimum Gasteiger partial charge on any atom is -0.472 e. The highest BCUT2D eigenvalue weighted by Crippen LogP contribution is 2.16. The highest BCUT2D eigenvalue weighted by molar-refractivity contribution is 7.07. The number of thiophene rings is 1. The van der Waals surface area contributed by atoms with Crippen LogP contribution in [0.3, 0.4) is 0 Å². The van der Waals surface area contributed by atoms with Crippen LogP contribution in [0.4, 0.5) is 0 Å². The monoisotopic (exact) mass is 207 g/mol. The van der Waals surface area contributed by atoms with Crippen LogP contribution in [0.25, 0.3) is 0 Å². The van der Waals surface area contributed by atoms with Gasteiger partial charge in [-0.3, -0.25) is 0 Å². The molecule has 0 aliphatic rings. The largest absolute Gasteiger partial charge is 0.472 e. The lowest BCUT2D eigenvalue weighted by Crippen LogP contribution is -2.16. The van der Waals surface area contributed by atoms with Crippen LogP contribution in [-0.2, 0) is 6.54 Å². The van der Waals surface area contributed by atoms with Gasteiger partial charge in [-0.1, -0.05) is 0 Å². The first-order valence-corrected chi connectivity index (χ1v) is 5.57. The summed E-state index contributed by atoms with van der Waals surface area (Å²) in [6.07, 6.45) is 3.47. The second-order valence-electron chi connectivity index (χ2n) is 3.29. The first-order valence-electron chi connectivity index (χ1n) is 4.63. The quantitative estimate of drug-likeness (QED) is 0.833. The van der Waals surface area contributed by atoms with Crippen LogP contribution in [0.5, 0.6) is 0 Å². The standard InChI is InChI=1S/C11H13NOS/c1-9(11-3-5-14-8-11)12-6-10-2-4-13-7-10/h2-5,7-9,12H,6H2,1H3. The Morgan fingerprint density at radius 1 is 1.50 bits per heavy atom. The van der Waals surface area contributed by atoms with E-state index in [-0.39, 0.29) is 0 Å². The van der Waals surface area contributed by atoms with Crippen molar-refractivity contribution in [2.24, 2.45) is 0 Å². The summed E-state index contributed by atoms with van der Waals surface area (Å²) in [5.41, 5.74) is 2.53. The van der Waals surface area contributed by atoms with Gasteiger partial charge in [0.2, 0.25) is 0 Å². The summed E-state index contributed by atoms with van der Waals surface area (Å²) in [4.78, 5) is 0. The highest BCUT2D eigenvalue weighted by Gasteiger charge is 2.04. The molecule has 2 aromatic rings. The third kappa shape index (κ3) is 2.25. The summed E-state index contributed by atoms with van der Waals surface area (Å²) in [5, 5.41) is 7.71. The molecule has 0 amide bonds. The molecule has 0 radical (unpaired) electrons. The van der Waals surface area contributed by atoms with Gasteiger partial charge >= 0.3 is 0 Å². The summed E-state index contributed by atoms with van der Waals surface area (Å²) in [5.74, 6) is 0. The fourth-order valence-corrected chi connectivity index (χ4v) is 2.06. The topological polar surface area (TPSA) is 25.2 Å². The van der Waals surface area contributed by atoms with E-state index < -0.39 is 0 Å². The van der Waals surface area contributed by atoms with E-state index >= 15 is 0 Å². The van der Waals surface area contributed by atoms with Crippen molar-refractivity contribution in [3.05, 3.63) is 46.5 Å². The van der Waals surface area contributed by atoms with Crippen molar-refractivity contribution >= 4 is 11.3 Å². The lowest BCUT2D eigenvalue weighted by Gasteiger charge is -2.10. The minimum atomic E-state index is 0.399. The van der Waals surface area contributed by atoms with Crippen molar-refractivity contribution in [3.8, 4) is 0 Å². The van der Waals surface area contributed by atoms with Crippen LogP contribution < -0.4 is 5.32 Å². The Bertz CT molecular complexity index is 353. The molecular weight excluding hydrogens is 194 g/mol. The average Bonchev–Trinajstić information content (AvgIpc) is 2.87. The zero-order chi connectivity index (χ0) is 9.80. The molecule has 0 aliphatic heterocycles. The molecule has 0 saturated carbocycles. The number of hydrogen-bond donors (Lipinski definition) is 1. The summed E-state index contributed by atoms with van der Waals surface area (Å²) in [7, 11) is 0. The van der Waals surface area contributed by atoms with Crippen molar-refractivity contribution < 1.29 is 4.42 Å². The van der Waals surface area contributed by atoms with Gasteiger partial charge in [-0.15, -0.1) is 0 Å². The minimum absolute atomic E-state index is 0.399. The molecule has 1 unspecified atom stereocenters. The maximum Gasteiger partial charge on any atom is 0.0947 e. The Morgan fingerprint density at radius 3 is 3.07 bits per heavy atom. The Hall–Kier alpha value is -1.06. The third-order valence-corrected chi connectivity index (χ3v) is 2.94. The molecule has 0 fully saturated rings. The predicted molar refractivity (Wildman–Crippen MR) is 58.3 cm³/mol. The van der Waals surface area contributed by atoms with E-state index in [4.69, 9.17) is 4.42 Å². The van der Waals surface area contributed by atoms with Crippen LogP contribution in [0.2, 0.25) is 0 Å². The van der Waals surface area contributed by atoms with E-state index in [1.54, 1.807) is 23.9 Å². The molecule has 2 nitrogen and oxygen atoms in total. The van der Waals surface area contributed by atoms with E-state index in [9.17, 15) is 0 Å². The van der Waals surface area contributed by atoms with Crippen LogP contribution in [0.15, 0.2) is 39.8 Å². The van der Waals surface area contributed by atoms with Crippen molar-refractivity contribution in [2.75, 3.05) is 0 Å². The van der Waals surface area contributed by atoms with Crippen molar-refractivity contribution in [3.63, 3.8) is 0 Å². The summed E-state index contributed by atoms with van der Waals surface area (Å²) < 4.78 is 5.00.